The Kier molecular flexibility index (Phi) is 6.18. The molecule has 0 bridgehead atoms. The van der Waals surface area contributed by atoms with Crippen LogP contribution in [-0.4, -0.2) is 25.7 Å². The van der Waals surface area contributed by atoms with E-state index < -0.39 is 0 Å². The van der Waals surface area contributed by atoms with Crippen LogP contribution in [0.1, 0.15) is 18.5 Å². The first kappa shape index (κ1) is 14.2. The summed E-state index contributed by atoms with van der Waals surface area (Å²) in [7, 11) is 0. The van der Waals surface area contributed by atoms with E-state index >= 15 is 0 Å². The average Bonchev–Trinajstić information content (AvgIpc) is 2.30. The van der Waals surface area contributed by atoms with Crippen LogP contribution < -0.4 is 11.1 Å². The van der Waals surface area contributed by atoms with Crippen LogP contribution in [0.5, 0.6) is 0 Å². The second-order valence-electron chi connectivity index (χ2n) is 3.68. The third-order valence-electron chi connectivity index (χ3n) is 2.24. The predicted molar refractivity (Wildman–Crippen MR) is 70.6 cm³/mol. The Balaban J connectivity index is 2.40. The summed E-state index contributed by atoms with van der Waals surface area (Å²) >= 11 is 3.37. The van der Waals surface area contributed by atoms with Crippen molar-refractivity contribution in [1.29, 1.82) is 0 Å². The highest BCUT2D eigenvalue weighted by Gasteiger charge is 2.09. The molecule has 0 radical (unpaired) electrons. The standard InChI is InChI=1S/C12H17BrN2O2/c1-9(10-2-4-11(13)5-3-10)15-12(16)8-17-7-6-14/h2-5,9H,6-8,14H2,1H3,(H,15,16)/t9-/m1/s1. The molecule has 1 aromatic carbocycles. The number of hydrogen-bond donors (Lipinski definition) is 2. The molecule has 17 heavy (non-hydrogen) atoms. The number of ether oxygens (including phenoxy) is 1. The molecule has 1 atom stereocenters. The summed E-state index contributed by atoms with van der Waals surface area (Å²) in [6.07, 6.45) is 0. The van der Waals surface area contributed by atoms with Crippen LogP contribution in [0.3, 0.4) is 0 Å². The monoisotopic (exact) mass is 300 g/mol. The van der Waals surface area contributed by atoms with Gasteiger partial charge in [0.1, 0.15) is 6.61 Å². The predicted octanol–water partition coefficient (Wildman–Crippen LogP) is 1.60. The van der Waals surface area contributed by atoms with Gasteiger partial charge in [-0.15, -0.1) is 0 Å². The lowest BCUT2D eigenvalue weighted by Crippen LogP contribution is -2.30. The molecule has 0 unspecified atom stereocenters. The molecule has 3 N–H and O–H groups in total. The first-order valence-electron chi connectivity index (χ1n) is 5.46. The number of nitrogens with two attached hydrogens (primary N) is 1. The van der Waals surface area contributed by atoms with Crippen molar-refractivity contribution < 1.29 is 9.53 Å². The molecule has 4 nitrogen and oxygen atoms in total. The number of nitrogens with one attached hydrogen (secondary N) is 1. The fourth-order valence-corrected chi connectivity index (χ4v) is 1.63. The molecule has 0 aliphatic rings. The lowest BCUT2D eigenvalue weighted by molar-refractivity contribution is -0.126. The Morgan fingerprint density at radius 1 is 1.47 bits per heavy atom. The van der Waals surface area contributed by atoms with E-state index in [0.717, 1.165) is 10.0 Å². The maximum absolute atomic E-state index is 11.5. The van der Waals surface area contributed by atoms with Crippen molar-refractivity contribution in [2.75, 3.05) is 19.8 Å². The topological polar surface area (TPSA) is 64.3 Å². The van der Waals surface area contributed by atoms with E-state index in [-0.39, 0.29) is 18.6 Å². The summed E-state index contributed by atoms with van der Waals surface area (Å²) in [5, 5.41) is 2.85. The van der Waals surface area contributed by atoms with Gasteiger partial charge in [-0.1, -0.05) is 28.1 Å². The number of carbonyl (C=O) groups is 1. The van der Waals surface area contributed by atoms with Crippen molar-refractivity contribution in [1.82, 2.24) is 5.32 Å². The van der Waals surface area contributed by atoms with Crippen molar-refractivity contribution in [3.8, 4) is 0 Å². The molecule has 0 fully saturated rings. The number of benzene rings is 1. The highest BCUT2D eigenvalue weighted by molar-refractivity contribution is 9.10. The molecule has 0 spiro atoms. The zero-order valence-corrected chi connectivity index (χ0v) is 11.4. The van der Waals surface area contributed by atoms with Crippen LogP contribution >= 0.6 is 15.9 Å². The molecule has 1 aromatic rings. The van der Waals surface area contributed by atoms with Crippen LogP contribution in [0, 0.1) is 0 Å². The largest absolute Gasteiger partial charge is 0.370 e. The van der Waals surface area contributed by atoms with Crippen molar-refractivity contribution >= 4 is 21.8 Å². The molecule has 1 rings (SSSR count). The van der Waals surface area contributed by atoms with Crippen molar-refractivity contribution in [2.24, 2.45) is 5.73 Å². The molecule has 5 heteroatoms. The van der Waals surface area contributed by atoms with Crippen LogP contribution in [0.25, 0.3) is 0 Å². The van der Waals surface area contributed by atoms with Crippen LogP contribution in [0.2, 0.25) is 0 Å². The summed E-state index contributed by atoms with van der Waals surface area (Å²) in [4.78, 5) is 11.5. The maximum atomic E-state index is 11.5. The molecule has 0 saturated carbocycles. The van der Waals surface area contributed by atoms with Crippen molar-refractivity contribution in [3.05, 3.63) is 34.3 Å². The first-order chi connectivity index (χ1) is 8.13. The highest BCUT2D eigenvalue weighted by Crippen LogP contribution is 2.16. The Hall–Kier alpha value is -0.910. The van der Waals surface area contributed by atoms with Gasteiger partial charge in [-0.25, -0.2) is 0 Å². The molecule has 0 aliphatic heterocycles. The first-order valence-corrected chi connectivity index (χ1v) is 6.25. The number of amides is 1. The second-order valence-corrected chi connectivity index (χ2v) is 4.60. The van der Waals surface area contributed by atoms with E-state index in [4.69, 9.17) is 10.5 Å². The Labute approximate surface area is 110 Å². The van der Waals surface area contributed by atoms with E-state index in [0.29, 0.717) is 13.2 Å². The van der Waals surface area contributed by atoms with Crippen LogP contribution in [-0.2, 0) is 9.53 Å². The van der Waals surface area contributed by atoms with Gasteiger partial charge in [-0.3, -0.25) is 4.79 Å². The fourth-order valence-electron chi connectivity index (χ4n) is 1.37. The van der Waals surface area contributed by atoms with Gasteiger partial charge in [0.2, 0.25) is 5.91 Å². The van der Waals surface area contributed by atoms with E-state index in [1.54, 1.807) is 0 Å². The number of hydrogen-bond acceptors (Lipinski definition) is 3. The summed E-state index contributed by atoms with van der Waals surface area (Å²) in [5.74, 6) is -0.131. The molecule has 0 aromatic heterocycles. The highest BCUT2D eigenvalue weighted by atomic mass is 79.9. The minimum atomic E-state index is -0.131. The van der Waals surface area contributed by atoms with Crippen LogP contribution in [0.4, 0.5) is 0 Å². The minimum absolute atomic E-state index is 0.0305. The molecular formula is C12H17BrN2O2. The molecular weight excluding hydrogens is 284 g/mol. The smallest absolute Gasteiger partial charge is 0.246 e. The van der Waals surface area contributed by atoms with Gasteiger partial charge in [0.15, 0.2) is 0 Å². The zero-order chi connectivity index (χ0) is 12.7. The quantitative estimate of drug-likeness (QED) is 0.785. The van der Waals surface area contributed by atoms with E-state index in [2.05, 4.69) is 21.2 Å². The average molecular weight is 301 g/mol. The van der Waals surface area contributed by atoms with Gasteiger partial charge in [0.05, 0.1) is 12.6 Å². The Morgan fingerprint density at radius 3 is 2.71 bits per heavy atom. The third-order valence-corrected chi connectivity index (χ3v) is 2.77. The van der Waals surface area contributed by atoms with E-state index in [1.807, 2.05) is 31.2 Å². The van der Waals surface area contributed by atoms with Crippen molar-refractivity contribution in [3.63, 3.8) is 0 Å². The zero-order valence-electron chi connectivity index (χ0n) is 9.78. The summed E-state index contributed by atoms with van der Waals surface area (Å²) < 4.78 is 6.08. The molecule has 0 saturated heterocycles. The third kappa shape index (κ3) is 5.30. The molecule has 0 heterocycles. The SMILES string of the molecule is C[C@@H](NC(=O)COCCN)c1ccc(Br)cc1. The Bertz CT molecular complexity index is 354. The number of halogens is 1. The summed E-state index contributed by atoms with van der Waals surface area (Å²) in [5.41, 5.74) is 6.32. The van der Waals surface area contributed by atoms with Crippen molar-refractivity contribution in [2.45, 2.75) is 13.0 Å². The van der Waals surface area contributed by atoms with Gasteiger partial charge in [0.25, 0.3) is 0 Å². The minimum Gasteiger partial charge on any atom is -0.370 e. The number of carbonyl (C=O) groups excluding carboxylic acids is 1. The van der Waals surface area contributed by atoms with Gasteiger partial charge < -0.3 is 15.8 Å². The second kappa shape index (κ2) is 7.42. The number of rotatable bonds is 6. The van der Waals surface area contributed by atoms with Gasteiger partial charge >= 0.3 is 0 Å². The summed E-state index contributed by atoms with van der Waals surface area (Å²) in [6, 6.07) is 7.80. The summed E-state index contributed by atoms with van der Waals surface area (Å²) in [6.45, 7) is 2.82. The lowest BCUT2D eigenvalue weighted by Gasteiger charge is -2.14. The fraction of sp³-hybridized carbons (Fsp3) is 0.417. The van der Waals surface area contributed by atoms with Gasteiger partial charge in [-0.05, 0) is 24.6 Å². The molecule has 94 valence electrons. The molecule has 1 amide bonds. The Morgan fingerprint density at radius 2 is 2.12 bits per heavy atom. The normalized spacial score (nSPS) is 12.2. The van der Waals surface area contributed by atoms with Gasteiger partial charge in [0, 0.05) is 11.0 Å². The maximum Gasteiger partial charge on any atom is 0.246 e. The molecule has 0 aliphatic carbocycles. The van der Waals surface area contributed by atoms with Gasteiger partial charge in [-0.2, -0.15) is 0 Å². The van der Waals surface area contributed by atoms with Crippen LogP contribution in [0.15, 0.2) is 28.7 Å². The van der Waals surface area contributed by atoms with E-state index in [9.17, 15) is 4.79 Å². The van der Waals surface area contributed by atoms with E-state index in [1.165, 1.54) is 0 Å². The lowest BCUT2D eigenvalue weighted by atomic mass is 10.1.